The third kappa shape index (κ3) is 4.13. The van der Waals surface area contributed by atoms with Gasteiger partial charge in [-0.15, -0.1) is 0 Å². The highest BCUT2D eigenvalue weighted by Gasteiger charge is 2.19. The molecule has 1 aromatic carbocycles. The summed E-state index contributed by atoms with van der Waals surface area (Å²) in [5.41, 5.74) is 2.80. The Bertz CT molecular complexity index is 823. The van der Waals surface area contributed by atoms with Gasteiger partial charge in [-0.3, -0.25) is 9.48 Å². The molecular weight excluding hydrogens is 316 g/mol. The highest BCUT2D eigenvalue weighted by Crippen LogP contribution is 2.11. The second-order valence-corrected chi connectivity index (χ2v) is 5.80. The summed E-state index contributed by atoms with van der Waals surface area (Å²) in [4.78, 5) is 12.4. The minimum atomic E-state index is -0.407. The Labute approximate surface area is 146 Å². The first-order valence-corrected chi connectivity index (χ1v) is 8.21. The van der Waals surface area contributed by atoms with Crippen LogP contribution < -0.4 is 10.6 Å². The largest absolute Gasteiger partial charge is 0.354 e. The van der Waals surface area contributed by atoms with Crippen LogP contribution in [-0.4, -0.2) is 39.1 Å². The quantitative estimate of drug-likeness (QED) is 0.679. The van der Waals surface area contributed by atoms with Crippen LogP contribution in [0, 0.1) is 0 Å². The summed E-state index contributed by atoms with van der Waals surface area (Å²) < 4.78 is 3.52. The summed E-state index contributed by atoms with van der Waals surface area (Å²) in [5.74, 6) is -0.0713. The maximum atomic E-state index is 12.4. The number of amides is 1. The summed E-state index contributed by atoms with van der Waals surface area (Å²) in [5, 5.41) is 14.6. The summed E-state index contributed by atoms with van der Waals surface area (Å²) in [6.45, 7) is 0.531. The van der Waals surface area contributed by atoms with Crippen LogP contribution in [0.5, 0.6) is 0 Å². The van der Waals surface area contributed by atoms with Crippen molar-refractivity contribution in [3.8, 4) is 5.69 Å². The summed E-state index contributed by atoms with van der Waals surface area (Å²) in [6, 6.07) is 11.5. The van der Waals surface area contributed by atoms with Gasteiger partial charge in [0, 0.05) is 38.0 Å². The molecule has 7 nitrogen and oxygen atoms in total. The summed E-state index contributed by atoms with van der Waals surface area (Å²) in [7, 11) is 3.59. The molecule has 0 saturated carbocycles. The lowest BCUT2D eigenvalue weighted by atomic mass is 10.1. The van der Waals surface area contributed by atoms with E-state index in [4.69, 9.17) is 0 Å². The summed E-state index contributed by atoms with van der Waals surface area (Å²) in [6.07, 6.45) is 6.14. The normalized spacial score (nSPS) is 12.1. The van der Waals surface area contributed by atoms with Gasteiger partial charge in [0.05, 0.1) is 17.6 Å². The lowest BCUT2D eigenvalue weighted by molar-refractivity contribution is -0.123. The lowest BCUT2D eigenvalue weighted by Gasteiger charge is -2.14. The number of nitrogens with one attached hydrogen (secondary N) is 2. The molecule has 1 unspecified atom stereocenters. The maximum absolute atomic E-state index is 12.4. The van der Waals surface area contributed by atoms with E-state index >= 15 is 0 Å². The fourth-order valence-electron chi connectivity index (χ4n) is 2.67. The molecule has 2 heterocycles. The molecule has 1 atom stereocenters. The van der Waals surface area contributed by atoms with Gasteiger partial charge in [0.1, 0.15) is 6.04 Å². The van der Waals surface area contributed by atoms with Gasteiger partial charge in [-0.1, -0.05) is 18.2 Å². The summed E-state index contributed by atoms with van der Waals surface area (Å²) >= 11 is 0. The van der Waals surface area contributed by atoms with E-state index in [0.717, 1.165) is 16.9 Å². The molecular formula is C18H22N6O. The zero-order valence-electron chi connectivity index (χ0n) is 14.4. The molecule has 1 amide bonds. The van der Waals surface area contributed by atoms with Crippen LogP contribution in [0.25, 0.3) is 5.69 Å². The van der Waals surface area contributed by atoms with Crippen molar-refractivity contribution in [3.63, 3.8) is 0 Å². The van der Waals surface area contributed by atoms with Gasteiger partial charge < -0.3 is 10.6 Å². The van der Waals surface area contributed by atoms with E-state index in [2.05, 4.69) is 20.8 Å². The second-order valence-electron chi connectivity index (χ2n) is 5.80. The van der Waals surface area contributed by atoms with E-state index in [1.807, 2.05) is 60.5 Å². The minimum absolute atomic E-state index is 0.0713. The molecule has 0 saturated heterocycles. The van der Waals surface area contributed by atoms with Gasteiger partial charge in [-0.25, -0.2) is 4.68 Å². The van der Waals surface area contributed by atoms with E-state index in [1.54, 1.807) is 17.9 Å². The van der Waals surface area contributed by atoms with Crippen LogP contribution in [0.3, 0.4) is 0 Å². The van der Waals surface area contributed by atoms with Crippen LogP contribution >= 0.6 is 0 Å². The third-order valence-corrected chi connectivity index (χ3v) is 3.95. The average molecular weight is 338 g/mol. The van der Waals surface area contributed by atoms with Gasteiger partial charge >= 0.3 is 0 Å². The lowest BCUT2D eigenvalue weighted by Crippen LogP contribution is -2.36. The Morgan fingerprint density at radius 3 is 2.72 bits per heavy atom. The fraction of sp³-hybridized carbons (Fsp3) is 0.278. The van der Waals surface area contributed by atoms with E-state index in [9.17, 15) is 4.79 Å². The van der Waals surface area contributed by atoms with Crippen molar-refractivity contribution in [3.05, 3.63) is 66.2 Å². The molecule has 3 rings (SSSR count). The number of rotatable bonds is 7. The van der Waals surface area contributed by atoms with E-state index in [0.29, 0.717) is 13.0 Å². The van der Waals surface area contributed by atoms with Crippen LogP contribution in [0.4, 0.5) is 0 Å². The Balaban J connectivity index is 1.54. The number of carbonyl (C=O) groups is 1. The van der Waals surface area contributed by atoms with Crippen molar-refractivity contribution < 1.29 is 4.79 Å². The first-order chi connectivity index (χ1) is 12.2. The molecule has 25 heavy (non-hydrogen) atoms. The molecule has 0 aliphatic rings. The first kappa shape index (κ1) is 16.9. The van der Waals surface area contributed by atoms with Crippen LogP contribution in [0.15, 0.2) is 55.0 Å². The van der Waals surface area contributed by atoms with E-state index in [1.165, 1.54) is 0 Å². The van der Waals surface area contributed by atoms with Gasteiger partial charge in [-0.2, -0.15) is 10.2 Å². The molecule has 0 fully saturated rings. The van der Waals surface area contributed by atoms with Crippen molar-refractivity contribution >= 4 is 5.91 Å². The van der Waals surface area contributed by atoms with Crippen molar-refractivity contribution in [2.45, 2.75) is 12.5 Å². The fourth-order valence-corrected chi connectivity index (χ4v) is 2.67. The Kier molecular flexibility index (Phi) is 5.25. The highest BCUT2D eigenvalue weighted by atomic mass is 16.2. The Morgan fingerprint density at radius 2 is 2.04 bits per heavy atom. The molecule has 2 aromatic heterocycles. The number of aromatic nitrogens is 4. The predicted octanol–water partition coefficient (Wildman–Crippen LogP) is 1.23. The van der Waals surface area contributed by atoms with Crippen LogP contribution in [-0.2, 0) is 18.3 Å². The topological polar surface area (TPSA) is 76.8 Å². The molecule has 2 N–H and O–H groups in total. The van der Waals surface area contributed by atoms with Crippen molar-refractivity contribution in [2.75, 3.05) is 13.6 Å². The molecule has 7 heteroatoms. The Hall–Kier alpha value is -2.93. The number of hydrogen-bond acceptors (Lipinski definition) is 4. The smallest absolute Gasteiger partial charge is 0.241 e. The van der Waals surface area contributed by atoms with Crippen molar-refractivity contribution in [1.82, 2.24) is 30.2 Å². The highest BCUT2D eigenvalue weighted by molar-refractivity contribution is 5.83. The monoisotopic (exact) mass is 338 g/mol. The number of carbonyl (C=O) groups excluding carboxylic acids is 1. The van der Waals surface area contributed by atoms with Crippen LogP contribution in [0.2, 0.25) is 0 Å². The number of hydrogen-bond donors (Lipinski definition) is 2. The molecule has 130 valence electrons. The van der Waals surface area contributed by atoms with Gasteiger partial charge in [0.15, 0.2) is 0 Å². The van der Waals surface area contributed by atoms with E-state index in [-0.39, 0.29) is 5.91 Å². The van der Waals surface area contributed by atoms with E-state index < -0.39 is 6.04 Å². The minimum Gasteiger partial charge on any atom is -0.354 e. The van der Waals surface area contributed by atoms with Gasteiger partial charge in [0.25, 0.3) is 0 Å². The molecule has 3 aromatic rings. The molecule has 0 spiro atoms. The van der Waals surface area contributed by atoms with Crippen molar-refractivity contribution in [2.24, 2.45) is 7.05 Å². The SMILES string of the molecule is CNC(C(=O)NCCc1ccn(-c2ccccc2)n1)c1cnn(C)c1. The van der Waals surface area contributed by atoms with Crippen molar-refractivity contribution in [1.29, 1.82) is 0 Å². The number of aryl methyl sites for hydroxylation is 1. The standard InChI is InChI=1S/C18H22N6O/c1-19-17(14-12-21-23(2)13-14)18(25)20-10-8-15-9-11-24(22-15)16-6-4-3-5-7-16/h3-7,9,11-13,17,19H,8,10H2,1-2H3,(H,20,25). The molecule has 0 aliphatic heterocycles. The first-order valence-electron chi connectivity index (χ1n) is 8.21. The number of benzene rings is 1. The molecule has 0 aliphatic carbocycles. The molecule has 0 bridgehead atoms. The predicted molar refractivity (Wildman–Crippen MR) is 95.3 cm³/mol. The molecule has 0 radical (unpaired) electrons. The number of likely N-dealkylation sites (N-methyl/N-ethyl adjacent to an activating group) is 1. The van der Waals surface area contributed by atoms with Crippen LogP contribution in [0.1, 0.15) is 17.3 Å². The number of para-hydroxylation sites is 1. The zero-order chi connectivity index (χ0) is 17.6. The average Bonchev–Trinajstić information content (AvgIpc) is 3.26. The van der Waals surface area contributed by atoms with Gasteiger partial charge in [0.2, 0.25) is 5.91 Å². The second kappa shape index (κ2) is 7.76. The third-order valence-electron chi connectivity index (χ3n) is 3.95. The van der Waals surface area contributed by atoms with Gasteiger partial charge in [-0.05, 0) is 25.2 Å². The maximum Gasteiger partial charge on any atom is 0.241 e. The Morgan fingerprint density at radius 1 is 1.24 bits per heavy atom. The zero-order valence-corrected chi connectivity index (χ0v) is 14.4. The number of nitrogens with zero attached hydrogens (tertiary/aromatic N) is 4.